The molecular formula is C48H35N3OSi. The predicted octanol–water partition coefficient (Wildman–Crippen LogP) is 9.15. The molecule has 2 aliphatic rings. The first-order valence-corrected chi connectivity index (χ1v) is 20.1. The number of para-hydroxylation sites is 3. The number of nitrogens with zero attached hydrogens (tertiary/aromatic N) is 3. The number of rotatable bonds is 7. The van der Waals surface area contributed by atoms with Gasteiger partial charge in [0, 0.05) is 29.1 Å². The lowest BCUT2D eigenvalue weighted by Crippen LogP contribution is -2.72. The number of hydrogen-bond acceptors (Lipinski definition) is 4. The summed E-state index contributed by atoms with van der Waals surface area (Å²) in [6, 6.07) is 69.4. The second-order valence-electron chi connectivity index (χ2n) is 13.6. The van der Waals surface area contributed by atoms with Crippen molar-refractivity contribution in [3.63, 3.8) is 0 Å². The van der Waals surface area contributed by atoms with Crippen LogP contribution in [0.5, 0.6) is 11.5 Å². The summed E-state index contributed by atoms with van der Waals surface area (Å²) in [5.74, 6) is 1.58. The lowest BCUT2D eigenvalue weighted by Gasteiger charge is -2.31. The lowest BCUT2D eigenvalue weighted by molar-refractivity contribution is 0.483. The van der Waals surface area contributed by atoms with Gasteiger partial charge in [-0.3, -0.25) is 4.98 Å². The summed E-state index contributed by atoms with van der Waals surface area (Å²) in [5, 5.41) is 5.37. The number of fused-ring (bicyclic) bond motifs is 4. The standard InChI is InChI=1S/C48H35N3OSi/c1-4-16-35(17-5-1)41-24-10-11-25-43(41)51-34-50(44-26-12-13-27-45(44)51)36-18-14-19-37(32-36)52-38-29-30-46-42(33-38)48-47(28-15-31-49-48)53(46,39-20-6-2-7-21-39)40-22-8-3-9-23-40/h1-33H,34H2. The third kappa shape index (κ3) is 5.08. The van der Waals surface area contributed by atoms with Crippen LogP contribution in [0.3, 0.4) is 0 Å². The van der Waals surface area contributed by atoms with Crippen molar-refractivity contribution in [1.29, 1.82) is 0 Å². The van der Waals surface area contributed by atoms with Gasteiger partial charge in [-0.15, -0.1) is 0 Å². The van der Waals surface area contributed by atoms with Crippen LogP contribution in [0.4, 0.5) is 22.7 Å². The molecule has 1 aromatic heterocycles. The van der Waals surface area contributed by atoms with Crippen molar-refractivity contribution >= 4 is 51.6 Å². The minimum atomic E-state index is -2.59. The van der Waals surface area contributed by atoms with Gasteiger partial charge in [-0.05, 0) is 74.8 Å². The molecule has 0 bridgehead atoms. The molecule has 0 N–H and O–H groups in total. The largest absolute Gasteiger partial charge is 0.457 e. The van der Waals surface area contributed by atoms with E-state index in [0.717, 1.165) is 34.1 Å². The second kappa shape index (κ2) is 12.8. The molecule has 252 valence electrons. The van der Waals surface area contributed by atoms with Crippen molar-refractivity contribution in [2.75, 3.05) is 16.5 Å². The summed E-state index contributed by atoms with van der Waals surface area (Å²) >= 11 is 0. The van der Waals surface area contributed by atoms with Crippen molar-refractivity contribution in [1.82, 2.24) is 4.98 Å². The van der Waals surface area contributed by atoms with E-state index in [-0.39, 0.29) is 0 Å². The molecule has 0 unspecified atom stereocenters. The fourth-order valence-electron chi connectivity index (χ4n) is 8.41. The Morgan fingerprint density at radius 2 is 1.08 bits per heavy atom. The molecule has 0 saturated heterocycles. The first kappa shape index (κ1) is 31.1. The third-order valence-electron chi connectivity index (χ3n) is 10.7. The van der Waals surface area contributed by atoms with E-state index in [9.17, 15) is 0 Å². The summed E-state index contributed by atoms with van der Waals surface area (Å²) in [7, 11) is -2.59. The molecule has 0 aliphatic carbocycles. The Hall–Kier alpha value is -6.69. The van der Waals surface area contributed by atoms with Crippen molar-refractivity contribution in [3.8, 4) is 33.9 Å². The number of pyridine rings is 1. The molecule has 0 fully saturated rings. The average molecular weight is 698 g/mol. The maximum absolute atomic E-state index is 6.72. The smallest absolute Gasteiger partial charge is 0.182 e. The van der Waals surface area contributed by atoms with Crippen molar-refractivity contribution in [3.05, 3.63) is 200 Å². The number of aromatic nitrogens is 1. The molecule has 5 heteroatoms. The van der Waals surface area contributed by atoms with E-state index in [1.807, 2.05) is 12.3 Å². The fourth-order valence-corrected chi connectivity index (χ4v) is 13.5. The summed E-state index contributed by atoms with van der Waals surface area (Å²) in [6.07, 6.45) is 1.91. The maximum atomic E-state index is 6.72. The highest BCUT2D eigenvalue weighted by Crippen LogP contribution is 2.47. The van der Waals surface area contributed by atoms with Gasteiger partial charge in [-0.25, -0.2) is 0 Å². The number of benzene rings is 7. The van der Waals surface area contributed by atoms with Gasteiger partial charge in [0.2, 0.25) is 0 Å². The van der Waals surface area contributed by atoms with E-state index in [0.29, 0.717) is 6.67 Å². The molecule has 0 amide bonds. The summed E-state index contributed by atoms with van der Waals surface area (Å²) < 4.78 is 6.72. The van der Waals surface area contributed by atoms with Crippen LogP contribution >= 0.6 is 0 Å². The van der Waals surface area contributed by atoms with Gasteiger partial charge in [0.05, 0.1) is 22.8 Å². The molecular weight excluding hydrogens is 663 g/mol. The van der Waals surface area contributed by atoms with Gasteiger partial charge < -0.3 is 14.5 Å². The molecule has 0 spiro atoms. The van der Waals surface area contributed by atoms with Crippen LogP contribution in [0.2, 0.25) is 0 Å². The molecule has 4 nitrogen and oxygen atoms in total. The molecule has 0 atom stereocenters. The normalized spacial score (nSPS) is 13.7. The number of hydrogen-bond donors (Lipinski definition) is 0. The molecule has 7 aromatic carbocycles. The zero-order valence-electron chi connectivity index (χ0n) is 29.0. The minimum Gasteiger partial charge on any atom is -0.457 e. The number of ether oxygens (including phenoxy) is 1. The Morgan fingerprint density at radius 3 is 1.81 bits per heavy atom. The molecule has 0 radical (unpaired) electrons. The minimum absolute atomic E-state index is 0.680. The van der Waals surface area contributed by atoms with E-state index in [2.05, 4.69) is 198 Å². The SMILES string of the molecule is c1ccc(-c2ccccc2N2CN(c3cccc(Oc4ccc5c(c4)-c4ncccc4[Si]5(c4ccccc4)c4ccccc4)c3)c3ccccc32)cc1. The topological polar surface area (TPSA) is 28.6 Å². The highest BCUT2D eigenvalue weighted by Gasteiger charge is 2.49. The summed E-state index contributed by atoms with van der Waals surface area (Å²) in [5.41, 5.74) is 9.20. The van der Waals surface area contributed by atoms with Crippen molar-refractivity contribution in [2.24, 2.45) is 0 Å². The zero-order valence-corrected chi connectivity index (χ0v) is 30.0. The molecule has 3 heterocycles. The van der Waals surface area contributed by atoms with Gasteiger partial charge in [-0.2, -0.15) is 0 Å². The first-order chi connectivity index (χ1) is 26.3. The third-order valence-corrected chi connectivity index (χ3v) is 15.5. The van der Waals surface area contributed by atoms with Crippen LogP contribution in [0.25, 0.3) is 22.4 Å². The van der Waals surface area contributed by atoms with E-state index in [1.165, 1.54) is 43.2 Å². The first-order valence-electron chi connectivity index (χ1n) is 18.1. The second-order valence-corrected chi connectivity index (χ2v) is 17.3. The fraction of sp³-hybridized carbons (Fsp3) is 0.0208. The van der Waals surface area contributed by atoms with Gasteiger partial charge in [0.15, 0.2) is 8.07 Å². The Kier molecular flexibility index (Phi) is 7.51. The summed E-state index contributed by atoms with van der Waals surface area (Å²) in [4.78, 5) is 9.78. The lowest BCUT2D eigenvalue weighted by atomic mass is 10.0. The van der Waals surface area contributed by atoms with Crippen LogP contribution < -0.4 is 35.3 Å². The van der Waals surface area contributed by atoms with Crippen molar-refractivity contribution in [2.45, 2.75) is 0 Å². The van der Waals surface area contributed by atoms with E-state index in [1.54, 1.807) is 0 Å². The Bertz CT molecular complexity index is 2550. The van der Waals surface area contributed by atoms with Crippen LogP contribution in [0.1, 0.15) is 0 Å². The monoisotopic (exact) mass is 697 g/mol. The molecule has 0 saturated carbocycles. The van der Waals surface area contributed by atoms with Gasteiger partial charge in [0.25, 0.3) is 0 Å². The maximum Gasteiger partial charge on any atom is 0.182 e. The van der Waals surface area contributed by atoms with E-state index in [4.69, 9.17) is 9.72 Å². The molecule has 10 rings (SSSR count). The molecule has 2 aliphatic heterocycles. The van der Waals surface area contributed by atoms with Gasteiger partial charge in [-0.1, -0.05) is 140 Å². The van der Waals surface area contributed by atoms with E-state index < -0.39 is 8.07 Å². The van der Waals surface area contributed by atoms with Crippen molar-refractivity contribution < 1.29 is 4.74 Å². The Labute approximate surface area is 310 Å². The quantitative estimate of drug-likeness (QED) is 0.155. The van der Waals surface area contributed by atoms with Gasteiger partial charge in [0.1, 0.15) is 18.2 Å². The van der Waals surface area contributed by atoms with Crippen LogP contribution in [-0.2, 0) is 0 Å². The van der Waals surface area contributed by atoms with E-state index >= 15 is 0 Å². The Balaban J connectivity index is 1.01. The number of anilines is 4. The molecule has 53 heavy (non-hydrogen) atoms. The zero-order chi connectivity index (χ0) is 35.2. The van der Waals surface area contributed by atoms with Crippen LogP contribution in [0.15, 0.2) is 200 Å². The summed E-state index contributed by atoms with van der Waals surface area (Å²) in [6.45, 7) is 0.680. The molecule has 8 aromatic rings. The predicted molar refractivity (Wildman–Crippen MR) is 221 cm³/mol. The average Bonchev–Trinajstić information content (AvgIpc) is 3.76. The van der Waals surface area contributed by atoms with Crippen LogP contribution in [0, 0.1) is 0 Å². The highest BCUT2D eigenvalue weighted by atomic mass is 28.3. The highest BCUT2D eigenvalue weighted by molar-refractivity contribution is 7.22. The van der Waals surface area contributed by atoms with Gasteiger partial charge >= 0.3 is 0 Å². The Morgan fingerprint density at radius 1 is 0.453 bits per heavy atom. The van der Waals surface area contributed by atoms with Crippen LogP contribution in [-0.4, -0.2) is 19.7 Å².